The Labute approximate surface area is 130 Å². The van der Waals surface area contributed by atoms with Crippen LogP contribution in [0.4, 0.5) is 0 Å². The maximum atomic E-state index is 11.7. The van der Waals surface area contributed by atoms with Crippen LogP contribution in [0, 0.1) is 11.3 Å². The molecule has 0 aromatic carbocycles. The number of nitrogens with zero attached hydrogens (tertiary/aromatic N) is 2. The molecule has 0 unspecified atom stereocenters. The van der Waals surface area contributed by atoms with E-state index in [9.17, 15) is 4.79 Å². The fourth-order valence-corrected chi connectivity index (χ4v) is 4.65. The third-order valence-corrected chi connectivity index (χ3v) is 6.31. The number of carbonyl (C=O) groups excluding carboxylic acids is 1. The number of hydrogen-bond donors (Lipinski definition) is 0. The summed E-state index contributed by atoms with van der Waals surface area (Å²) >= 11 is 0. The number of hydrogen-bond acceptors (Lipinski definition) is 3. The van der Waals surface area contributed by atoms with Gasteiger partial charge in [0.05, 0.1) is 0 Å². The van der Waals surface area contributed by atoms with E-state index in [2.05, 4.69) is 16.7 Å². The normalized spacial score (nSPS) is 36.9. The molecule has 21 heavy (non-hydrogen) atoms. The van der Waals surface area contributed by atoms with Crippen LogP contribution >= 0.6 is 0 Å². The van der Waals surface area contributed by atoms with Gasteiger partial charge in [-0.1, -0.05) is 19.8 Å². The van der Waals surface area contributed by atoms with Crippen LogP contribution in [0.5, 0.6) is 0 Å². The Balaban J connectivity index is 1.48. The molecular formula is C18H32N2O. The second kappa shape index (κ2) is 6.78. The van der Waals surface area contributed by atoms with Gasteiger partial charge < -0.3 is 4.79 Å². The molecule has 0 aromatic heterocycles. The molecule has 0 amide bonds. The van der Waals surface area contributed by atoms with E-state index in [1.54, 1.807) is 0 Å². The molecule has 3 fully saturated rings. The molecule has 3 aliphatic rings. The van der Waals surface area contributed by atoms with Crippen molar-refractivity contribution in [2.45, 2.75) is 64.3 Å². The van der Waals surface area contributed by atoms with Crippen LogP contribution in [0.3, 0.4) is 0 Å². The van der Waals surface area contributed by atoms with Gasteiger partial charge in [-0.2, -0.15) is 0 Å². The van der Waals surface area contributed by atoms with E-state index in [0.717, 1.165) is 31.3 Å². The number of carbonyl (C=O) groups is 1. The summed E-state index contributed by atoms with van der Waals surface area (Å²) in [5.41, 5.74) is -0.0258. The SMILES string of the molecule is CC1CCC(C=O)(CN2CCN(C3CCCC3)CC2)CC1. The fraction of sp³-hybridized carbons (Fsp3) is 0.944. The maximum absolute atomic E-state index is 11.7. The van der Waals surface area contributed by atoms with E-state index in [-0.39, 0.29) is 5.41 Å². The summed E-state index contributed by atoms with van der Waals surface area (Å²) in [5.74, 6) is 0.817. The summed E-state index contributed by atoms with van der Waals surface area (Å²) in [6, 6.07) is 0.864. The first-order valence-corrected chi connectivity index (χ1v) is 9.13. The van der Waals surface area contributed by atoms with Gasteiger partial charge in [0.2, 0.25) is 0 Å². The molecular weight excluding hydrogens is 260 g/mol. The van der Waals surface area contributed by atoms with Crippen molar-refractivity contribution < 1.29 is 4.79 Å². The lowest BCUT2D eigenvalue weighted by molar-refractivity contribution is -0.120. The first-order valence-electron chi connectivity index (χ1n) is 9.13. The molecule has 1 aliphatic heterocycles. The molecule has 3 heteroatoms. The molecule has 0 aromatic rings. The van der Waals surface area contributed by atoms with Gasteiger partial charge in [0.1, 0.15) is 6.29 Å². The third kappa shape index (κ3) is 3.68. The molecule has 2 saturated carbocycles. The second-order valence-electron chi connectivity index (χ2n) is 7.91. The molecule has 3 rings (SSSR count). The van der Waals surface area contributed by atoms with Crippen molar-refractivity contribution in [3.8, 4) is 0 Å². The second-order valence-corrected chi connectivity index (χ2v) is 7.91. The summed E-state index contributed by atoms with van der Waals surface area (Å²) in [6.07, 6.45) is 11.7. The quantitative estimate of drug-likeness (QED) is 0.744. The summed E-state index contributed by atoms with van der Waals surface area (Å²) in [7, 11) is 0. The van der Waals surface area contributed by atoms with Crippen molar-refractivity contribution >= 4 is 6.29 Å². The van der Waals surface area contributed by atoms with Gasteiger partial charge in [-0.05, 0) is 44.4 Å². The number of piperazine rings is 1. The molecule has 0 spiro atoms. The highest BCUT2D eigenvalue weighted by Gasteiger charge is 2.36. The average molecular weight is 292 g/mol. The van der Waals surface area contributed by atoms with E-state index in [1.807, 2.05) is 0 Å². The van der Waals surface area contributed by atoms with E-state index in [0.29, 0.717) is 0 Å². The van der Waals surface area contributed by atoms with Crippen LogP contribution in [0.15, 0.2) is 0 Å². The Morgan fingerprint density at radius 1 is 1.00 bits per heavy atom. The van der Waals surface area contributed by atoms with Gasteiger partial charge in [0.15, 0.2) is 0 Å². The average Bonchev–Trinajstić information content (AvgIpc) is 3.05. The standard InChI is InChI=1S/C18H32N2O/c1-16-6-8-18(15-21,9-7-16)14-19-10-12-20(13-11-19)17-4-2-3-5-17/h15-17H,2-14H2,1H3. The number of aldehydes is 1. The van der Waals surface area contributed by atoms with E-state index in [4.69, 9.17) is 0 Å². The van der Waals surface area contributed by atoms with Crippen molar-refractivity contribution in [3.05, 3.63) is 0 Å². The van der Waals surface area contributed by atoms with Crippen molar-refractivity contribution in [3.63, 3.8) is 0 Å². The van der Waals surface area contributed by atoms with E-state index >= 15 is 0 Å². The van der Waals surface area contributed by atoms with Gasteiger partial charge >= 0.3 is 0 Å². The van der Waals surface area contributed by atoms with Crippen molar-refractivity contribution in [1.29, 1.82) is 0 Å². The van der Waals surface area contributed by atoms with Crippen LogP contribution in [-0.2, 0) is 4.79 Å². The van der Waals surface area contributed by atoms with Gasteiger partial charge in [-0.3, -0.25) is 9.80 Å². The minimum Gasteiger partial charge on any atom is -0.303 e. The minimum atomic E-state index is -0.0258. The highest BCUT2D eigenvalue weighted by atomic mass is 16.1. The van der Waals surface area contributed by atoms with Crippen LogP contribution < -0.4 is 0 Å². The third-order valence-electron chi connectivity index (χ3n) is 6.31. The lowest BCUT2D eigenvalue weighted by atomic mass is 9.71. The molecule has 1 heterocycles. The van der Waals surface area contributed by atoms with E-state index < -0.39 is 0 Å². The summed E-state index contributed by atoms with van der Waals surface area (Å²) < 4.78 is 0. The van der Waals surface area contributed by atoms with Crippen molar-refractivity contribution in [2.75, 3.05) is 32.7 Å². The Morgan fingerprint density at radius 2 is 1.62 bits per heavy atom. The van der Waals surface area contributed by atoms with Gasteiger partial charge in [0.25, 0.3) is 0 Å². The summed E-state index contributed by atoms with van der Waals surface area (Å²) in [6.45, 7) is 8.12. The molecule has 1 saturated heterocycles. The topological polar surface area (TPSA) is 23.6 Å². The molecule has 120 valence electrons. The molecule has 0 N–H and O–H groups in total. The van der Waals surface area contributed by atoms with Gasteiger partial charge in [0, 0.05) is 44.2 Å². The maximum Gasteiger partial charge on any atom is 0.127 e. The van der Waals surface area contributed by atoms with Crippen LogP contribution in [0.2, 0.25) is 0 Å². The van der Waals surface area contributed by atoms with E-state index in [1.165, 1.54) is 71.0 Å². The zero-order chi connectivity index (χ0) is 14.7. The lowest BCUT2D eigenvalue weighted by Crippen LogP contribution is -2.52. The van der Waals surface area contributed by atoms with Crippen LogP contribution in [0.25, 0.3) is 0 Å². The number of rotatable bonds is 4. The molecule has 0 radical (unpaired) electrons. The van der Waals surface area contributed by atoms with Crippen molar-refractivity contribution in [1.82, 2.24) is 9.80 Å². The van der Waals surface area contributed by atoms with Crippen LogP contribution in [-0.4, -0.2) is 54.9 Å². The summed E-state index contributed by atoms with van der Waals surface area (Å²) in [5, 5.41) is 0. The zero-order valence-corrected chi connectivity index (χ0v) is 13.7. The Kier molecular flexibility index (Phi) is 5.00. The predicted molar refractivity (Wildman–Crippen MR) is 86.4 cm³/mol. The molecule has 0 bridgehead atoms. The first-order chi connectivity index (χ1) is 10.2. The summed E-state index contributed by atoms with van der Waals surface area (Å²) in [4.78, 5) is 17.0. The first kappa shape index (κ1) is 15.5. The highest BCUT2D eigenvalue weighted by molar-refractivity contribution is 5.60. The van der Waals surface area contributed by atoms with Gasteiger partial charge in [-0.25, -0.2) is 0 Å². The van der Waals surface area contributed by atoms with Gasteiger partial charge in [-0.15, -0.1) is 0 Å². The Bertz CT molecular complexity index is 335. The highest BCUT2D eigenvalue weighted by Crippen LogP contribution is 2.38. The largest absolute Gasteiger partial charge is 0.303 e. The molecule has 3 nitrogen and oxygen atoms in total. The van der Waals surface area contributed by atoms with Crippen molar-refractivity contribution in [2.24, 2.45) is 11.3 Å². The molecule has 2 aliphatic carbocycles. The smallest absolute Gasteiger partial charge is 0.127 e. The molecule has 0 atom stereocenters. The predicted octanol–water partition coefficient (Wildman–Crippen LogP) is 2.94. The minimum absolute atomic E-state index is 0.0258. The fourth-order valence-electron chi connectivity index (χ4n) is 4.65. The Hall–Kier alpha value is -0.410. The lowest BCUT2D eigenvalue weighted by Gasteiger charge is -2.43. The monoisotopic (exact) mass is 292 g/mol. The van der Waals surface area contributed by atoms with Crippen LogP contribution in [0.1, 0.15) is 58.3 Å². The zero-order valence-electron chi connectivity index (χ0n) is 13.7. The Morgan fingerprint density at radius 3 is 2.19 bits per heavy atom.